The van der Waals surface area contributed by atoms with Crippen molar-refractivity contribution in [3.8, 4) is 0 Å². The van der Waals surface area contributed by atoms with E-state index in [9.17, 15) is 17.6 Å². The molecule has 1 fully saturated rings. The molecule has 0 atom stereocenters. The number of piperidine rings is 1. The van der Waals surface area contributed by atoms with Gasteiger partial charge in [-0.15, -0.1) is 0 Å². The predicted octanol–water partition coefficient (Wildman–Crippen LogP) is 3.75. The van der Waals surface area contributed by atoms with Crippen molar-refractivity contribution in [1.82, 2.24) is 13.9 Å². The van der Waals surface area contributed by atoms with E-state index >= 15 is 4.39 Å². The van der Waals surface area contributed by atoms with Crippen molar-refractivity contribution in [3.63, 3.8) is 0 Å². The lowest BCUT2D eigenvalue weighted by atomic mass is 10.2. The van der Waals surface area contributed by atoms with E-state index in [4.69, 9.17) is 11.6 Å². The van der Waals surface area contributed by atoms with Gasteiger partial charge in [-0.25, -0.2) is 13.8 Å². The number of aromatic nitrogens is 2. The van der Waals surface area contributed by atoms with Crippen molar-refractivity contribution >= 4 is 49.8 Å². The van der Waals surface area contributed by atoms with Crippen LogP contribution in [0.4, 0.5) is 25.8 Å². The van der Waals surface area contributed by atoms with Crippen LogP contribution >= 0.6 is 11.6 Å². The minimum atomic E-state index is -3.89. The molecular formula is C20H20ClF2N5O3S. The van der Waals surface area contributed by atoms with E-state index in [-0.39, 0.29) is 33.0 Å². The van der Waals surface area contributed by atoms with Gasteiger partial charge >= 0.3 is 10.2 Å². The number of benzene rings is 2. The molecule has 0 bridgehead atoms. The average Bonchev–Trinajstić information content (AvgIpc) is 2.77. The van der Waals surface area contributed by atoms with Gasteiger partial charge in [-0.05, 0) is 37.1 Å². The van der Waals surface area contributed by atoms with Crippen LogP contribution in [-0.2, 0) is 17.3 Å². The summed E-state index contributed by atoms with van der Waals surface area (Å²) >= 11 is 6.29. The number of anilines is 3. The molecule has 0 aliphatic carbocycles. The lowest BCUT2D eigenvalue weighted by Crippen LogP contribution is -2.39. The number of nitrogens with one attached hydrogen (secondary N) is 2. The van der Waals surface area contributed by atoms with Crippen LogP contribution in [0.2, 0.25) is 5.02 Å². The highest BCUT2D eigenvalue weighted by Gasteiger charge is 2.26. The molecule has 170 valence electrons. The first-order valence-corrected chi connectivity index (χ1v) is 11.7. The zero-order valence-corrected chi connectivity index (χ0v) is 18.6. The van der Waals surface area contributed by atoms with E-state index in [0.717, 1.165) is 29.9 Å². The minimum absolute atomic E-state index is 0.0556. The Kier molecular flexibility index (Phi) is 6.06. The third-order valence-corrected chi connectivity index (χ3v) is 7.18. The molecule has 0 radical (unpaired) electrons. The highest BCUT2D eigenvalue weighted by atomic mass is 35.5. The average molecular weight is 484 g/mol. The quantitative estimate of drug-likeness (QED) is 0.576. The van der Waals surface area contributed by atoms with Crippen LogP contribution in [-0.4, -0.2) is 35.4 Å². The van der Waals surface area contributed by atoms with E-state index in [2.05, 4.69) is 15.0 Å². The normalized spacial score (nSPS) is 15.1. The topological polar surface area (TPSA) is 96.3 Å². The van der Waals surface area contributed by atoms with Crippen LogP contribution in [0.3, 0.4) is 0 Å². The Morgan fingerprint density at radius 2 is 1.75 bits per heavy atom. The predicted molar refractivity (Wildman–Crippen MR) is 120 cm³/mol. The Bertz CT molecular complexity index is 1360. The van der Waals surface area contributed by atoms with Crippen LogP contribution in [0.1, 0.15) is 19.3 Å². The molecule has 2 N–H and O–H groups in total. The second-order valence-electron chi connectivity index (χ2n) is 7.46. The molecule has 3 aromatic rings. The summed E-state index contributed by atoms with van der Waals surface area (Å²) in [4.78, 5) is 16.3. The van der Waals surface area contributed by atoms with Crippen LogP contribution in [0.15, 0.2) is 35.4 Å². The first-order valence-electron chi connectivity index (χ1n) is 9.86. The number of nitrogens with zero attached hydrogens (tertiary/aromatic N) is 3. The van der Waals surface area contributed by atoms with Gasteiger partial charge in [0.1, 0.15) is 11.2 Å². The summed E-state index contributed by atoms with van der Waals surface area (Å²) in [6.45, 7) is 0.759. The molecule has 0 spiro atoms. The summed E-state index contributed by atoms with van der Waals surface area (Å²) in [5, 5.41) is 2.01. The molecule has 0 saturated carbocycles. The maximum atomic E-state index is 15.1. The van der Waals surface area contributed by atoms with Crippen molar-refractivity contribution in [1.29, 1.82) is 0 Å². The minimum Gasteiger partial charge on any atom is -0.349 e. The number of hydrogen-bond acceptors (Lipinski definition) is 5. The molecule has 8 nitrogen and oxygen atoms in total. The number of fused-ring (bicyclic) bond motifs is 1. The van der Waals surface area contributed by atoms with Gasteiger partial charge in [0.05, 0.1) is 33.9 Å². The molecule has 4 rings (SSSR count). The number of aryl methyl sites for hydroxylation is 1. The fourth-order valence-electron chi connectivity index (χ4n) is 3.54. The van der Waals surface area contributed by atoms with Crippen molar-refractivity contribution in [2.75, 3.05) is 23.1 Å². The van der Waals surface area contributed by atoms with E-state index in [1.807, 2.05) is 0 Å². The second-order valence-corrected chi connectivity index (χ2v) is 9.51. The molecule has 1 aliphatic rings. The van der Waals surface area contributed by atoms with Crippen molar-refractivity contribution in [2.24, 2.45) is 7.05 Å². The largest absolute Gasteiger partial charge is 0.349 e. The first-order chi connectivity index (χ1) is 15.2. The zero-order chi connectivity index (χ0) is 23.0. The van der Waals surface area contributed by atoms with E-state index in [0.29, 0.717) is 13.1 Å². The first kappa shape index (κ1) is 22.4. The van der Waals surface area contributed by atoms with Crippen LogP contribution in [0, 0.1) is 11.6 Å². The van der Waals surface area contributed by atoms with Crippen molar-refractivity contribution < 1.29 is 17.2 Å². The Balaban J connectivity index is 1.70. The lowest BCUT2D eigenvalue weighted by molar-refractivity contribution is 0.349. The van der Waals surface area contributed by atoms with Gasteiger partial charge in [-0.2, -0.15) is 12.7 Å². The van der Waals surface area contributed by atoms with Gasteiger partial charge in [0.15, 0.2) is 5.82 Å². The molecule has 1 aromatic heterocycles. The Morgan fingerprint density at radius 1 is 1.06 bits per heavy atom. The van der Waals surface area contributed by atoms with Gasteiger partial charge in [0.2, 0.25) is 0 Å². The second kappa shape index (κ2) is 8.64. The monoisotopic (exact) mass is 483 g/mol. The molecule has 32 heavy (non-hydrogen) atoms. The summed E-state index contributed by atoms with van der Waals surface area (Å²) in [5.41, 5.74) is -1.06. The van der Waals surface area contributed by atoms with Crippen LogP contribution in [0.5, 0.6) is 0 Å². The summed E-state index contributed by atoms with van der Waals surface area (Å²) in [6.07, 6.45) is 3.72. The molecule has 0 unspecified atom stereocenters. The van der Waals surface area contributed by atoms with E-state index in [1.165, 1.54) is 35.9 Å². The van der Waals surface area contributed by atoms with Gasteiger partial charge in [0, 0.05) is 20.1 Å². The number of halogens is 3. The van der Waals surface area contributed by atoms with Gasteiger partial charge < -0.3 is 9.88 Å². The molecular weight excluding hydrogens is 464 g/mol. The molecule has 1 saturated heterocycles. The van der Waals surface area contributed by atoms with Gasteiger partial charge in [0.25, 0.3) is 5.56 Å². The van der Waals surface area contributed by atoms with Crippen molar-refractivity contribution in [2.45, 2.75) is 19.3 Å². The molecule has 2 heterocycles. The molecule has 2 aromatic carbocycles. The van der Waals surface area contributed by atoms with Crippen molar-refractivity contribution in [3.05, 3.63) is 57.6 Å². The fraction of sp³-hybridized carbons (Fsp3) is 0.300. The van der Waals surface area contributed by atoms with Crippen LogP contribution in [0.25, 0.3) is 10.9 Å². The smallest absolute Gasteiger partial charge is 0.301 e. The third kappa shape index (κ3) is 4.15. The third-order valence-electron chi connectivity index (χ3n) is 5.27. The summed E-state index contributed by atoms with van der Waals surface area (Å²) in [6, 6.07) is 4.92. The summed E-state index contributed by atoms with van der Waals surface area (Å²) in [5.74, 6) is -1.75. The number of rotatable bonds is 5. The SMILES string of the molecule is Cn1cnc2ccc(Nc3c(F)ccc(NS(=O)(=O)N4CCCCC4)c3Cl)c(F)c2c1=O. The summed E-state index contributed by atoms with van der Waals surface area (Å²) < 4.78 is 59.8. The molecule has 12 heteroatoms. The standard InChI is InChI=1S/C20H20ClF2N5O3S/c1-27-11-24-13-7-8-15(18(23)16(13)20(27)29)25-19-12(22)5-6-14(17(19)21)26-32(30,31)28-9-3-2-4-10-28/h5-8,11,25-26H,2-4,9-10H2,1H3. The Labute approximate surface area is 188 Å². The molecule has 1 aliphatic heterocycles. The van der Waals surface area contributed by atoms with E-state index in [1.54, 1.807) is 0 Å². The highest BCUT2D eigenvalue weighted by molar-refractivity contribution is 7.90. The van der Waals surface area contributed by atoms with Gasteiger partial charge in [-0.1, -0.05) is 18.0 Å². The maximum Gasteiger partial charge on any atom is 0.301 e. The fourth-order valence-corrected chi connectivity index (χ4v) is 5.16. The summed E-state index contributed by atoms with van der Waals surface area (Å²) in [7, 11) is -2.45. The Hall–Kier alpha value is -2.76. The zero-order valence-electron chi connectivity index (χ0n) is 17.0. The van der Waals surface area contributed by atoms with Crippen LogP contribution < -0.4 is 15.6 Å². The molecule has 0 amide bonds. The van der Waals surface area contributed by atoms with E-state index < -0.39 is 27.4 Å². The Morgan fingerprint density at radius 3 is 2.47 bits per heavy atom. The number of hydrogen-bond donors (Lipinski definition) is 2. The highest BCUT2D eigenvalue weighted by Crippen LogP contribution is 2.36. The lowest BCUT2D eigenvalue weighted by Gasteiger charge is -2.26. The maximum absolute atomic E-state index is 15.1. The van der Waals surface area contributed by atoms with Gasteiger partial charge in [-0.3, -0.25) is 9.52 Å².